The Morgan fingerprint density at radius 1 is 1.30 bits per heavy atom. The Labute approximate surface area is 166 Å². The number of nitrogens with one attached hydrogen (secondary N) is 1. The Kier molecular flexibility index (Phi) is 5.72. The lowest BCUT2D eigenvalue weighted by atomic mass is 9.72. The van der Waals surface area contributed by atoms with E-state index >= 15 is 0 Å². The van der Waals surface area contributed by atoms with Gasteiger partial charge in [0.05, 0.1) is 0 Å². The number of rotatable bonds is 4. The fraction of sp³-hybridized carbons (Fsp3) is 0.667. The standard InChI is InChI=1S/C21H29ClFN3O/c1-14(27)24-10-21-17-8-16(20-4-2-3-7-26(20)21)12-25(13-17)11-15-9-18(23)5-6-19(15)22/h5-6,9,16-17,20-21H,2-4,7-8,10-13H2,1H3,(H,24,27)/t16-,17+,20+,21+/m1/s1. The summed E-state index contributed by atoms with van der Waals surface area (Å²) in [5.41, 5.74) is 0.871. The summed E-state index contributed by atoms with van der Waals surface area (Å²) >= 11 is 6.31. The van der Waals surface area contributed by atoms with Crippen molar-refractivity contribution in [3.8, 4) is 0 Å². The van der Waals surface area contributed by atoms with Crippen molar-refractivity contribution in [2.75, 3.05) is 26.2 Å². The molecule has 148 valence electrons. The normalized spacial score (nSPS) is 31.4. The van der Waals surface area contributed by atoms with E-state index in [-0.39, 0.29) is 11.7 Å². The van der Waals surface area contributed by atoms with Crippen molar-refractivity contribution in [2.24, 2.45) is 11.8 Å². The van der Waals surface area contributed by atoms with Gasteiger partial charge in [0.15, 0.2) is 0 Å². The number of carbonyl (C=O) groups excluding carboxylic acids is 1. The molecule has 2 bridgehead atoms. The molecule has 3 saturated heterocycles. The number of halogens is 2. The van der Waals surface area contributed by atoms with Gasteiger partial charge in [0.25, 0.3) is 0 Å². The first-order valence-corrected chi connectivity index (χ1v) is 10.6. The van der Waals surface area contributed by atoms with Gasteiger partial charge in [-0.1, -0.05) is 18.0 Å². The monoisotopic (exact) mass is 393 g/mol. The van der Waals surface area contributed by atoms with Crippen molar-refractivity contribution in [1.29, 1.82) is 0 Å². The second kappa shape index (κ2) is 8.06. The number of likely N-dealkylation sites (tertiary alicyclic amines) is 1. The second-order valence-corrected chi connectivity index (χ2v) is 8.90. The van der Waals surface area contributed by atoms with Gasteiger partial charge in [-0.05, 0) is 61.4 Å². The molecule has 3 heterocycles. The summed E-state index contributed by atoms with van der Waals surface area (Å²) in [6.45, 7) is 6.21. The van der Waals surface area contributed by atoms with E-state index < -0.39 is 0 Å². The summed E-state index contributed by atoms with van der Waals surface area (Å²) in [6, 6.07) is 5.65. The highest BCUT2D eigenvalue weighted by molar-refractivity contribution is 6.31. The minimum Gasteiger partial charge on any atom is -0.355 e. The van der Waals surface area contributed by atoms with Gasteiger partial charge >= 0.3 is 0 Å². The Morgan fingerprint density at radius 2 is 2.11 bits per heavy atom. The molecule has 6 heteroatoms. The predicted octanol–water partition coefficient (Wildman–Crippen LogP) is 3.29. The Morgan fingerprint density at radius 3 is 2.93 bits per heavy atom. The molecular formula is C21H29ClFN3O. The van der Waals surface area contributed by atoms with Gasteiger partial charge in [-0.3, -0.25) is 14.6 Å². The topological polar surface area (TPSA) is 35.6 Å². The molecule has 1 amide bonds. The van der Waals surface area contributed by atoms with Crippen LogP contribution < -0.4 is 5.32 Å². The van der Waals surface area contributed by atoms with E-state index in [0.717, 1.165) is 31.7 Å². The summed E-state index contributed by atoms with van der Waals surface area (Å²) in [7, 11) is 0. The minimum atomic E-state index is -0.228. The van der Waals surface area contributed by atoms with E-state index in [9.17, 15) is 9.18 Å². The zero-order valence-corrected chi connectivity index (χ0v) is 16.7. The molecule has 0 saturated carbocycles. The highest BCUT2D eigenvalue weighted by atomic mass is 35.5. The van der Waals surface area contributed by atoms with Crippen LogP contribution >= 0.6 is 11.6 Å². The summed E-state index contributed by atoms with van der Waals surface area (Å²) in [5, 5.41) is 3.70. The van der Waals surface area contributed by atoms with Crippen LogP contribution in [0.15, 0.2) is 18.2 Å². The lowest BCUT2D eigenvalue weighted by Gasteiger charge is -2.57. The first kappa shape index (κ1) is 19.2. The van der Waals surface area contributed by atoms with Gasteiger partial charge in [-0.2, -0.15) is 0 Å². The zero-order chi connectivity index (χ0) is 19.0. The molecule has 0 aliphatic carbocycles. The van der Waals surface area contributed by atoms with Crippen molar-refractivity contribution in [1.82, 2.24) is 15.1 Å². The molecule has 0 unspecified atom stereocenters. The number of hydrogen-bond acceptors (Lipinski definition) is 3. The van der Waals surface area contributed by atoms with Crippen LogP contribution in [0, 0.1) is 17.7 Å². The molecule has 0 aromatic heterocycles. The average molecular weight is 394 g/mol. The van der Waals surface area contributed by atoms with Crippen LogP contribution in [0.3, 0.4) is 0 Å². The fourth-order valence-electron chi connectivity index (χ4n) is 5.57. The van der Waals surface area contributed by atoms with Crippen molar-refractivity contribution in [3.05, 3.63) is 34.6 Å². The Hall–Kier alpha value is -1.17. The molecule has 27 heavy (non-hydrogen) atoms. The third-order valence-corrected chi connectivity index (χ3v) is 7.03. The average Bonchev–Trinajstić information content (AvgIpc) is 2.64. The first-order chi connectivity index (χ1) is 13.0. The SMILES string of the molecule is CC(=O)NC[C@H]1[C@H]2C[C@H](CN(Cc3cc(F)ccc3Cl)C2)[C@@H]2CCCCN21. The lowest BCUT2D eigenvalue weighted by Crippen LogP contribution is -2.65. The smallest absolute Gasteiger partial charge is 0.216 e. The van der Waals surface area contributed by atoms with Crippen LogP contribution in [0.4, 0.5) is 4.39 Å². The number of hydrogen-bond donors (Lipinski definition) is 1. The molecule has 1 N–H and O–H groups in total. The molecule has 1 aromatic rings. The van der Waals surface area contributed by atoms with Crippen LogP contribution in [0.2, 0.25) is 5.02 Å². The first-order valence-electron chi connectivity index (χ1n) is 10.2. The van der Waals surface area contributed by atoms with Crippen LogP contribution in [-0.2, 0) is 11.3 Å². The summed E-state index contributed by atoms with van der Waals surface area (Å²) in [4.78, 5) is 16.6. The minimum absolute atomic E-state index is 0.0462. The van der Waals surface area contributed by atoms with Gasteiger partial charge in [0.2, 0.25) is 5.91 Å². The molecule has 4 atom stereocenters. The highest BCUT2D eigenvalue weighted by Crippen LogP contribution is 2.41. The number of nitrogens with zero attached hydrogens (tertiary/aromatic N) is 2. The van der Waals surface area contributed by atoms with E-state index in [1.807, 2.05) is 0 Å². The van der Waals surface area contributed by atoms with Gasteiger partial charge in [-0.25, -0.2) is 4.39 Å². The maximum Gasteiger partial charge on any atom is 0.216 e. The van der Waals surface area contributed by atoms with Crippen LogP contribution in [0.25, 0.3) is 0 Å². The van der Waals surface area contributed by atoms with E-state index in [2.05, 4.69) is 15.1 Å². The predicted molar refractivity (Wildman–Crippen MR) is 105 cm³/mol. The van der Waals surface area contributed by atoms with Crippen LogP contribution in [-0.4, -0.2) is 54.0 Å². The van der Waals surface area contributed by atoms with Crippen LogP contribution in [0.5, 0.6) is 0 Å². The number of piperidine rings is 3. The molecule has 0 radical (unpaired) electrons. The molecule has 3 aliphatic rings. The number of carbonyl (C=O) groups is 1. The summed E-state index contributed by atoms with van der Waals surface area (Å²) in [6.07, 6.45) is 5.04. The van der Waals surface area contributed by atoms with Gasteiger partial charge in [-0.15, -0.1) is 0 Å². The highest BCUT2D eigenvalue weighted by Gasteiger charge is 2.46. The van der Waals surface area contributed by atoms with Crippen molar-refractivity contribution >= 4 is 17.5 Å². The molecular weight excluding hydrogens is 365 g/mol. The molecule has 3 aliphatic heterocycles. The lowest BCUT2D eigenvalue weighted by molar-refractivity contribution is -0.120. The molecule has 0 spiro atoms. The van der Waals surface area contributed by atoms with E-state index in [1.165, 1.54) is 31.7 Å². The number of fused-ring (bicyclic) bond motifs is 4. The Balaban J connectivity index is 1.52. The maximum atomic E-state index is 13.7. The van der Waals surface area contributed by atoms with Crippen molar-refractivity contribution < 1.29 is 9.18 Å². The third kappa shape index (κ3) is 4.15. The zero-order valence-electron chi connectivity index (χ0n) is 16.0. The largest absolute Gasteiger partial charge is 0.355 e. The molecule has 1 aromatic carbocycles. The molecule has 4 nitrogen and oxygen atoms in total. The second-order valence-electron chi connectivity index (χ2n) is 8.49. The maximum absolute atomic E-state index is 13.7. The van der Waals surface area contributed by atoms with Crippen molar-refractivity contribution in [3.63, 3.8) is 0 Å². The van der Waals surface area contributed by atoms with E-state index in [4.69, 9.17) is 11.6 Å². The summed E-state index contributed by atoms with van der Waals surface area (Å²) in [5.74, 6) is 1.01. The fourth-order valence-corrected chi connectivity index (χ4v) is 5.75. The molecule has 3 fully saturated rings. The Bertz CT molecular complexity index is 700. The molecule has 4 rings (SSSR count). The summed E-state index contributed by atoms with van der Waals surface area (Å²) < 4.78 is 13.7. The van der Waals surface area contributed by atoms with E-state index in [1.54, 1.807) is 19.1 Å². The van der Waals surface area contributed by atoms with E-state index in [0.29, 0.717) is 35.5 Å². The van der Waals surface area contributed by atoms with Gasteiger partial charge in [0.1, 0.15) is 5.82 Å². The van der Waals surface area contributed by atoms with Gasteiger partial charge in [0, 0.05) is 50.2 Å². The third-order valence-electron chi connectivity index (χ3n) is 6.66. The number of benzene rings is 1. The van der Waals surface area contributed by atoms with Crippen LogP contribution in [0.1, 0.15) is 38.2 Å². The number of amides is 1. The quantitative estimate of drug-likeness (QED) is 0.852. The van der Waals surface area contributed by atoms with Gasteiger partial charge < -0.3 is 5.32 Å². The van der Waals surface area contributed by atoms with Crippen molar-refractivity contribution in [2.45, 2.75) is 51.2 Å².